The van der Waals surface area contributed by atoms with Crippen LogP contribution in [-0.2, 0) is 4.79 Å². The van der Waals surface area contributed by atoms with Crippen molar-refractivity contribution >= 4 is 23.2 Å². The standard InChI is InChI=1S/C20H17N3O3/c1-14(24)22-16-5-3-6-17(13-16)23-20(25)15-4-2-7-19(12-15)26-18-8-10-21-11-9-18/h2-13H,1H3,(H,22,24)(H,23,25). The van der Waals surface area contributed by atoms with Crippen molar-refractivity contribution in [2.75, 3.05) is 10.6 Å². The number of nitrogens with one attached hydrogen (secondary N) is 2. The predicted molar refractivity (Wildman–Crippen MR) is 99.5 cm³/mol. The summed E-state index contributed by atoms with van der Waals surface area (Å²) in [6.07, 6.45) is 3.27. The first-order valence-electron chi connectivity index (χ1n) is 7.97. The third-order valence-corrected chi connectivity index (χ3v) is 3.42. The zero-order valence-corrected chi connectivity index (χ0v) is 14.1. The van der Waals surface area contributed by atoms with E-state index in [1.165, 1.54) is 6.92 Å². The molecular formula is C20H17N3O3. The summed E-state index contributed by atoms with van der Waals surface area (Å²) in [6.45, 7) is 1.43. The summed E-state index contributed by atoms with van der Waals surface area (Å²) in [6, 6.07) is 17.3. The van der Waals surface area contributed by atoms with Crippen LogP contribution in [0.2, 0.25) is 0 Å². The molecule has 3 aromatic rings. The highest BCUT2D eigenvalue weighted by Gasteiger charge is 2.08. The maximum Gasteiger partial charge on any atom is 0.255 e. The van der Waals surface area contributed by atoms with E-state index in [1.807, 2.05) is 0 Å². The summed E-state index contributed by atoms with van der Waals surface area (Å²) < 4.78 is 5.71. The molecule has 0 spiro atoms. The van der Waals surface area contributed by atoms with Crippen LogP contribution in [0.25, 0.3) is 0 Å². The maximum absolute atomic E-state index is 12.5. The van der Waals surface area contributed by atoms with Gasteiger partial charge in [-0.2, -0.15) is 0 Å². The van der Waals surface area contributed by atoms with Crippen molar-refractivity contribution in [1.82, 2.24) is 4.98 Å². The molecule has 0 unspecified atom stereocenters. The summed E-state index contributed by atoms with van der Waals surface area (Å²) in [5, 5.41) is 5.49. The molecule has 0 aliphatic rings. The second kappa shape index (κ2) is 7.94. The van der Waals surface area contributed by atoms with Gasteiger partial charge in [-0.1, -0.05) is 12.1 Å². The molecule has 130 valence electrons. The molecular weight excluding hydrogens is 330 g/mol. The van der Waals surface area contributed by atoms with Crippen molar-refractivity contribution in [1.29, 1.82) is 0 Å². The van der Waals surface area contributed by atoms with Crippen LogP contribution in [0.1, 0.15) is 17.3 Å². The fraction of sp³-hybridized carbons (Fsp3) is 0.0500. The van der Waals surface area contributed by atoms with E-state index in [1.54, 1.807) is 73.1 Å². The van der Waals surface area contributed by atoms with Crippen LogP contribution in [-0.4, -0.2) is 16.8 Å². The molecule has 3 rings (SSSR count). The van der Waals surface area contributed by atoms with Gasteiger partial charge < -0.3 is 15.4 Å². The monoisotopic (exact) mass is 347 g/mol. The van der Waals surface area contributed by atoms with Gasteiger partial charge in [0.15, 0.2) is 0 Å². The molecule has 2 amide bonds. The molecule has 2 N–H and O–H groups in total. The highest BCUT2D eigenvalue weighted by molar-refractivity contribution is 6.04. The molecule has 0 radical (unpaired) electrons. The third-order valence-electron chi connectivity index (χ3n) is 3.42. The number of nitrogens with zero attached hydrogens (tertiary/aromatic N) is 1. The minimum Gasteiger partial charge on any atom is -0.457 e. The molecule has 0 fully saturated rings. The summed E-state index contributed by atoms with van der Waals surface area (Å²) in [4.78, 5) is 27.6. The molecule has 2 aromatic carbocycles. The summed E-state index contributed by atoms with van der Waals surface area (Å²) in [7, 11) is 0. The second-order valence-electron chi connectivity index (χ2n) is 5.53. The van der Waals surface area contributed by atoms with E-state index >= 15 is 0 Å². The Bertz CT molecular complexity index is 926. The van der Waals surface area contributed by atoms with Gasteiger partial charge in [0.2, 0.25) is 5.91 Å². The van der Waals surface area contributed by atoms with Gasteiger partial charge in [0.05, 0.1) is 0 Å². The number of rotatable bonds is 5. The van der Waals surface area contributed by atoms with Gasteiger partial charge in [-0.25, -0.2) is 0 Å². The van der Waals surface area contributed by atoms with Crippen LogP contribution in [0.5, 0.6) is 11.5 Å². The van der Waals surface area contributed by atoms with Crippen molar-refractivity contribution in [3.63, 3.8) is 0 Å². The predicted octanol–water partition coefficient (Wildman–Crippen LogP) is 4.08. The van der Waals surface area contributed by atoms with E-state index in [-0.39, 0.29) is 11.8 Å². The van der Waals surface area contributed by atoms with Gasteiger partial charge in [-0.15, -0.1) is 0 Å². The lowest BCUT2D eigenvalue weighted by Crippen LogP contribution is -2.12. The average molecular weight is 347 g/mol. The molecule has 0 saturated heterocycles. The summed E-state index contributed by atoms with van der Waals surface area (Å²) >= 11 is 0. The van der Waals surface area contributed by atoms with E-state index in [4.69, 9.17) is 4.74 Å². The zero-order valence-electron chi connectivity index (χ0n) is 14.1. The van der Waals surface area contributed by atoms with Gasteiger partial charge in [-0.3, -0.25) is 14.6 Å². The molecule has 0 aliphatic carbocycles. The maximum atomic E-state index is 12.5. The van der Waals surface area contributed by atoms with Crippen molar-refractivity contribution in [2.45, 2.75) is 6.92 Å². The minimum absolute atomic E-state index is 0.172. The van der Waals surface area contributed by atoms with Gasteiger partial charge >= 0.3 is 0 Å². The number of ether oxygens (including phenoxy) is 1. The van der Waals surface area contributed by atoms with E-state index in [2.05, 4.69) is 15.6 Å². The van der Waals surface area contributed by atoms with E-state index in [0.717, 1.165) is 0 Å². The first-order valence-corrected chi connectivity index (χ1v) is 7.97. The van der Waals surface area contributed by atoms with Gasteiger partial charge in [0.25, 0.3) is 5.91 Å². The number of hydrogen-bond acceptors (Lipinski definition) is 4. The number of hydrogen-bond donors (Lipinski definition) is 2. The largest absolute Gasteiger partial charge is 0.457 e. The van der Waals surface area contributed by atoms with E-state index < -0.39 is 0 Å². The Morgan fingerprint density at radius 1 is 0.846 bits per heavy atom. The fourth-order valence-electron chi connectivity index (χ4n) is 2.32. The van der Waals surface area contributed by atoms with Crippen LogP contribution in [0.3, 0.4) is 0 Å². The number of aromatic nitrogens is 1. The van der Waals surface area contributed by atoms with Crippen LogP contribution in [0.4, 0.5) is 11.4 Å². The first-order chi connectivity index (χ1) is 12.6. The Labute approximate surface area is 150 Å². The Kier molecular flexibility index (Phi) is 5.24. The van der Waals surface area contributed by atoms with Crippen molar-refractivity contribution in [2.24, 2.45) is 0 Å². The molecule has 6 nitrogen and oxygen atoms in total. The molecule has 0 atom stereocenters. The number of pyridine rings is 1. The van der Waals surface area contributed by atoms with Crippen LogP contribution in [0.15, 0.2) is 73.1 Å². The van der Waals surface area contributed by atoms with Crippen LogP contribution in [0, 0.1) is 0 Å². The quantitative estimate of drug-likeness (QED) is 0.729. The third kappa shape index (κ3) is 4.67. The molecule has 1 heterocycles. The lowest BCUT2D eigenvalue weighted by molar-refractivity contribution is -0.114. The van der Waals surface area contributed by atoms with Crippen LogP contribution < -0.4 is 15.4 Å². The SMILES string of the molecule is CC(=O)Nc1cccc(NC(=O)c2cccc(Oc3ccncc3)c2)c1. The fourth-order valence-corrected chi connectivity index (χ4v) is 2.32. The van der Waals surface area contributed by atoms with Crippen molar-refractivity contribution in [3.8, 4) is 11.5 Å². The first kappa shape index (κ1) is 17.2. The molecule has 0 saturated carbocycles. The number of amides is 2. The van der Waals surface area contributed by atoms with E-state index in [0.29, 0.717) is 28.4 Å². The highest BCUT2D eigenvalue weighted by atomic mass is 16.5. The molecule has 0 aliphatic heterocycles. The Morgan fingerprint density at radius 2 is 1.54 bits per heavy atom. The number of carbonyl (C=O) groups is 2. The zero-order chi connectivity index (χ0) is 18.4. The topological polar surface area (TPSA) is 80.3 Å². The molecule has 26 heavy (non-hydrogen) atoms. The van der Waals surface area contributed by atoms with Crippen molar-refractivity contribution in [3.05, 3.63) is 78.6 Å². The Balaban J connectivity index is 1.72. The number of carbonyl (C=O) groups excluding carboxylic acids is 2. The van der Waals surface area contributed by atoms with E-state index in [9.17, 15) is 9.59 Å². The van der Waals surface area contributed by atoms with Crippen molar-refractivity contribution < 1.29 is 14.3 Å². The second-order valence-corrected chi connectivity index (χ2v) is 5.53. The molecule has 6 heteroatoms. The van der Waals surface area contributed by atoms with Crippen LogP contribution >= 0.6 is 0 Å². The van der Waals surface area contributed by atoms with Gasteiger partial charge in [-0.05, 0) is 48.5 Å². The lowest BCUT2D eigenvalue weighted by Gasteiger charge is -2.09. The van der Waals surface area contributed by atoms with Gasteiger partial charge in [0, 0.05) is 36.3 Å². The average Bonchev–Trinajstić information content (AvgIpc) is 2.62. The minimum atomic E-state index is -0.273. The number of anilines is 2. The highest BCUT2D eigenvalue weighted by Crippen LogP contribution is 2.22. The molecule has 0 bridgehead atoms. The summed E-state index contributed by atoms with van der Waals surface area (Å²) in [5.41, 5.74) is 1.66. The smallest absolute Gasteiger partial charge is 0.255 e. The molecule has 1 aromatic heterocycles. The summed E-state index contributed by atoms with van der Waals surface area (Å²) in [5.74, 6) is 0.746. The Morgan fingerprint density at radius 3 is 2.27 bits per heavy atom. The number of benzene rings is 2. The normalized spacial score (nSPS) is 10.0. The lowest BCUT2D eigenvalue weighted by atomic mass is 10.2. The Hall–Kier alpha value is -3.67. The van der Waals surface area contributed by atoms with Gasteiger partial charge in [0.1, 0.15) is 11.5 Å².